The molecule has 0 spiro atoms. The van der Waals surface area contributed by atoms with E-state index in [0.717, 1.165) is 24.0 Å². The highest BCUT2D eigenvalue weighted by molar-refractivity contribution is 5.92. The Morgan fingerprint density at radius 3 is 2.59 bits per heavy atom. The molecule has 0 aromatic heterocycles. The number of benzene rings is 2. The lowest BCUT2D eigenvalue weighted by atomic mass is 10.1. The number of nitrogens with zero attached hydrogens (tertiary/aromatic N) is 1. The summed E-state index contributed by atoms with van der Waals surface area (Å²) in [5, 5.41) is 8.98. The molecule has 1 fully saturated rings. The number of aryl methyl sites for hydroxylation is 1. The van der Waals surface area contributed by atoms with Crippen LogP contribution in [0.5, 0.6) is 11.5 Å². The van der Waals surface area contributed by atoms with E-state index in [1.54, 1.807) is 36.4 Å². The minimum absolute atomic E-state index is 0.0262. The number of rotatable bonds is 9. The van der Waals surface area contributed by atoms with Crippen LogP contribution in [0.1, 0.15) is 40.7 Å². The number of ether oxygens (including phenoxy) is 2. The van der Waals surface area contributed by atoms with E-state index in [9.17, 15) is 14.4 Å². The van der Waals surface area contributed by atoms with E-state index >= 15 is 0 Å². The Kier molecular flexibility index (Phi) is 6.54. The first-order valence-corrected chi connectivity index (χ1v) is 10.7. The van der Waals surface area contributed by atoms with Gasteiger partial charge in [-0.1, -0.05) is 24.3 Å². The lowest BCUT2D eigenvalue weighted by Gasteiger charge is -2.22. The number of hydrogen-bond donors (Lipinski definition) is 1. The van der Waals surface area contributed by atoms with Crippen LogP contribution in [0.25, 0.3) is 0 Å². The molecule has 1 amide bonds. The third-order valence-corrected chi connectivity index (χ3v) is 5.76. The molecule has 0 unspecified atom stereocenters. The molecule has 7 nitrogen and oxygen atoms in total. The molecule has 1 N–H and O–H groups in total. The molecule has 1 atom stereocenters. The monoisotopic (exact) mass is 435 g/mol. The molecule has 2 aliphatic heterocycles. The number of aromatic carboxylic acids is 1. The van der Waals surface area contributed by atoms with Crippen LogP contribution in [0.4, 0.5) is 0 Å². The van der Waals surface area contributed by atoms with E-state index < -0.39 is 5.97 Å². The molecule has 0 radical (unpaired) electrons. The molecule has 2 aromatic rings. The number of fused-ring (bicyclic) bond motifs is 1. The summed E-state index contributed by atoms with van der Waals surface area (Å²) in [6.07, 6.45) is 6.39. The van der Waals surface area contributed by atoms with Crippen molar-refractivity contribution in [3.05, 3.63) is 71.3 Å². The van der Waals surface area contributed by atoms with Crippen molar-refractivity contribution in [2.45, 2.75) is 38.1 Å². The molecule has 2 heterocycles. The molecule has 2 aromatic carbocycles. The largest absolute Gasteiger partial charge is 0.478 e. The summed E-state index contributed by atoms with van der Waals surface area (Å²) in [6.45, 7) is 0.802. The van der Waals surface area contributed by atoms with E-state index in [-0.39, 0.29) is 36.5 Å². The summed E-state index contributed by atoms with van der Waals surface area (Å²) < 4.78 is 10.6. The van der Waals surface area contributed by atoms with Gasteiger partial charge in [-0.15, -0.1) is 0 Å². The number of carbonyl (C=O) groups is 3. The molecule has 166 valence electrons. The van der Waals surface area contributed by atoms with Gasteiger partial charge in [-0.3, -0.25) is 9.59 Å². The Balaban J connectivity index is 1.28. The van der Waals surface area contributed by atoms with Crippen molar-refractivity contribution in [1.29, 1.82) is 0 Å². The van der Waals surface area contributed by atoms with Crippen molar-refractivity contribution in [3.8, 4) is 11.5 Å². The number of carboxylic acids is 1. The minimum atomic E-state index is -0.943. The fraction of sp³-hybridized carbons (Fsp3) is 0.320. The van der Waals surface area contributed by atoms with Crippen LogP contribution in [0.15, 0.2) is 54.6 Å². The summed E-state index contributed by atoms with van der Waals surface area (Å²) >= 11 is 0. The highest BCUT2D eigenvalue weighted by atomic mass is 16.7. The predicted molar refractivity (Wildman–Crippen MR) is 117 cm³/mol. The lowest BCUT2D eigenvalue weighted by Crippen LogP contribution is -2.33. The number of likely N-dealkylation sites (tertiary alicyclic amines) is 1. The number of hydrogen-bond acceptors (Lipinski definition) is 5. The molecular formula is C25H25NO6. The Hall–Kier alpha value is -3.61. The number of carbonyl (C=O) groups excluding carboxylic acids is 2. The van der Waals surface area contributed by atoms with Gasteiger partial charge in [-0.2, -0.15) is 0 Å². The minimum Gasteiger partial charge on any atom is -0.478 e. The second-order valence-corrected chi connectivity index (χ2v) is 7.99. The van der Waals surface area contributed by atoms with E-state index in [1.165, 1.54) is 0 Å². The highest BCUT2D eigenvalue weighted by Gasteiger charge is 2.28. The Morgan fingerprint density at radius 1 is 1.06 bits per heavy atom. The predicted octanol–water partition coefficient (Wildman–Crippen LogP) is 3.41. The van der Waals surface area contributed by atoms with Gasteiger partial charge in [-0.25, -0.2) is 4.79 Å². The third kappa shape index (κ3) is 5.17. The first kappa shape index (κ1) is 21.6. The second-order valence-electron chi connectivity index (χ2n) is 7.99. The molecule has 7 heteroatoms. The van der Waals surface area contributed by atoms with Crippen molar-refractivity contribution in [3.63, 3.8) is 0 Å². The van der Waals surface area contributed by atoms with E-state index in [1.807, 2.05) is 23.1 Å². The van der Waals surface area contributed by atoms with Crippen LogP contribution in [0, 0.1) is 0 Å². The number of carboxylic acid groups (broad SMARTS) is 1. The van der Waals surface area contributed by atoms with Crippen molar-refractivity contribution < 1.29 is 29.0 Å². The number of ketones is 1. The molecule has 0 aliphatic carbocycles. The van der Waals surface area contributed by atoms with Gasteiger partial charge in [-0.05, 0) is 60.7 Å². The molecule has 0 bridgehead atoms. The van der Waals surface area contributed by atoms with Crippen LogP contribution in [-0.2, 0) is 22.4 Å². The average Bonchev–Trinajstić information content (AvgIpc) is 3.39. The first-order chi connectivity index (χ1) is 15.5. The smallest absolute Gasteiger partial charge is 0.335 e. The van der Waals surface area contributed by atoms with Gasteiger partial charge in [0.05, 0.1) is 11.6 Å². The van der Waals surface area contributed by atoms with Gasteiger partial charge in [0.15, 0.2) is 17.3 Å². The fourth-order valence-electron chi connectivity index (χ4n) is 4.04. The number of allylic oxidation sites excluding steroid dienone is 1. The zero-order valence-electron chi connectivity index (χ0n) is 17.7. The Bertz CT molecular complexity index is 1040. The van der Waals surface area contributed by atoms with Crippen LogP contribution in [0.2, 0.25) is 0 Å². The topological polar surface area (TPSA) is 93.1 Å². The SMILES string of the molecule is O=C(C=C[C@H]1CCC(=O)N1CCCc1ccc(C(=O)O)cc1)Cc1ccc2c(c1)OCO2. The summed E-state index contributed by atoms with van der Waals surface area (Å²) in [5.41, 5.74) is 2.16. The zero-order chi connectivity index (χ0) is 22.5. The Morgan fingerprint density at radius 2 is 1.81 bits per heavy atom. The van der Waals surface area contributed by atoms with Crippen molar-refractivity contribution in [2.24, 2.45) is 0 Å². The number of amides is 1. The maximum absolute atomic E-state index is 12.4. The zero-order valence-corrected chi connectivity index (χ0v) is 17.7. The summed E-state index contributed by atoms with van der Waals surface area (Å²) in [4.78, 5) is 37.5. The third-order valence-electron chi connectivity index (χ3n) is 5.76. The van der Waals surface area contributed by atoms with Crippen molar-refractivity contribution in [2.75, 3.05) is 13.3 Å². The van der Waals surface area contributed by atoms with Crippen LogP contribution in [0.3, 0.4) is 0 Å². The summed E-state index contributed by atoms with van der Waals surface area (Å²) in [5.74, 6) is 0.479. The maximum atomic E-state index is 12.4. The van der Waals surface area contributed by atoms with E-state index in [0.29, 0.717) is 30.9 Å². The molecule has 4 rings (SSSR count). The molecule has 0 saturated carbocycles. The van der Waals surface area contributed by atoms with Gasteiger partial charge in [0.1, 0.15) is 0 Å². The highest BCUT2D eigenvalue weighted by Crippen LogP contribution is 2.32. The van der Waals surface area contributed by atoms with Gasteiger partial charge in [0.2, 0.25) is 12.7 Å². The summed E-state index contributed by atoms with van der Waals surface area (Å²) in [6, 6.07) is 12.2. The first-order valence-electron chi connectivity index (χ1n) is 10.7. The fourth-order valence-corrected chi connectivity index (χ4v) is 4.04. The van der Waals surface area contributed by atoms with Gasteiger partial charge < -0.3 is 19.5 Å². The van der Waals surface area contributed by atoms with E-state index in [4.69, 9.17) is 14.6 Å². The molecule has 32 heavy (non-hydrogen) atoms. The normalized spacial score (nSPS) is 17.3. The van der Waals surface area contributed by atoms with E-state index in [2.05, 4.69) is 0 Å². The molecule has 1 saturated heterocycles. The molecule has 2 aliphatic rings. The van der Waals surface area contributed by atoms with Crippen LogP contribution < -0.4 is 9.47 Å². The van der Waals surface area contributed by atoms with Crippen molar-refractivity contribution in [1.82, 2.24) is 4.90 Å². The van der Waals surface area contributed by atoms with Crippen molar-refractivity contribution >= 4 is 17.7 Å². The average molecular weight is 435 g/mol. The maximum Gasteiger partial charge on any atom is 0.335 e. The quantitative estimate of drug-likeness (QED) is 0.607. The van der Waals surface area contributed by atoms with Gasteiger partial charge in [0, 0.05) is 19.4 Å². The Labute approximate surface area is 186 Å². The van der Waals surface area contributed by atoms with Gasteiger partial charge in [0.25, 0.3) is 0 Å². The second kappa shape index (κ2) is 9.68. The summed E-state index contributed by atoms with van der Waals surface area (Å²) in [7, 11) is 0. The van der Waals surface area contributed by atoms with Crippen LogP contribution in [-0.4, -0.2) is 47.0 Å². The van der Waals surface area contributed by atoms with Crippen LogP contribution >= 0.6 is 0 Å². The standard InChI is InChI=1S/C25H25NO6/c27-21(14-18-5-11-22-23(15-18)32-16-31-22)10-8-20-9-12-24(28)26(20)13-1-2-17-3-6-19(7-4-17)25(29)30/h3-8,10-11,15,20H,1-2,9,12-14,16H2,(H,29,30)/t20-/m0/s1. The molecular weight excluding hydrogens is 410 g/mol. The lowest BCUT2D eigenvalue weighted by molar-refractivity contribution is -0.128. The van der Waals surface area contributed by atoms with Gasteiger partial charge >= 0.3 is 5.97 Å².